The molecule has 2 aliphatic heterocycles. The number of fused-ring (bicyclic) bond motifs is 1. The molecule has 3 heterocycles. The zero-order valence-corrected chi connectivity index (χ0v) is 20.8. The lowest BCUT2D eigenvalue weighted by Gasteiger charge is -2.23. The number of benzene rings is 2. The van der Waals surface area contributed by atoms with Gasteiger partial charge in [0, 0.05) is 17.7 Å². The van der Waals surface area contributed by atoms with E-state index in [4.69, 9.17) is 14.2 Å². The van der Waals surface area contributed by atoms with Crippen molar-refractivity contribution in [1.29, 1.82) is 0 Å². The van der Waals surface area contributed by atoms with Crippen LogP contribution < -0.4 is 14.4 Å². The van der Waals surface area contributed by atoms with Crippen LogP contribution in [0.4, 0.5) is 10.8 Å². The Morgan fingerprint density at radius 3 is 2.63 bits per heavy atom. The van der Waals surface area contributed by atoms with Crippen LogP contribution in [0.15, 0.2) is 48.0 Å². The summed E-state index contributed by atoms with van der Waals surface area (Å²) in [5, 5.41) is 22.8. The predicted octanol–water partition coefficient (Wildman–Crippen LogP) is 3.54. The highest BCUT2D eigenvalue weighted by Gasteiger charge is 2.48. The van der Waals surface area contributed by atoms with Gasteiger partial charge in [0.2, 0.25) is 0 Å². The summed E-state index contributed by atoms with van der Waals surface area (Å²) in [6.07, 6.45) is 0. The second-order valence-electron chi connectivity index (χ2n) is 8.28. The first-order valence-corrected chi connectivity index (χ1v) is 12.0. The van der Waals surface area contributed by atoms with Crippen molar-refractivity contribution in [1.82, 2.24) is 4.98 Å². The third-order valence-corrected chi connectivity index (χ3v) is 7.16. The highest BCUT2D eigenvalue weighted by atomic mass is 32.1. The number of aromatic nitrogens is 1. The summed E-state index contributed by atoms with van der Waals surface area (Å²) in [5.41, 5.74) is 0.0410. The minimum Gasteiger partial charge on any atom is -0.507 e. The Morgan fingerprint density at radius 1 is 1.18 bits per heavy atom. The van der Waals surface area contributed by atoms with Crippen LogP contribution in [0.25, 0.3) is 5.76 Å². The Bertz CT molecular complexity index is 1540. The fraction of sp³-hybridized carbons (Fsp3) is 0.200. The minimum atomic E-state index is -1.28. The molecule has 5 rings (SSSR count). The molecule has 2 aromatic carbocycles. The number of aliphatic hydroxyl groups is 1. The van der Waals surface area contributed by atoms with E-state index in [2.05, 4.69) is 4.98 Å². The lowest BCUT2D eigenvalue weighted by molar-refractivity contribution is -0.384. The minimum absolute atomic E-state index is 0.0114. The van der Waals surface area contributed by atoms with Gasteiger partial charge < -0.3 is 19.3 Å². The average Bonchev–Trinajstić information content (AvgIpc) is 3.43. The second-order valence-corrected chi connectivity index (χ2v) is 9.26. The van der Waals surface area contributed by atoms with Gasteiger partial charge in [0.15, 0.2) is 16.6 Å². The summed E-state index contributed by atoms with van der Waals surface area (Å²) < 4.78 is 15.8. The topological polar surface area (TPSA) is 158 Å². The maximum absolute atomic E-state index is 13.4. The van der Waals surface area contributed by atoms with Crippen molar-refractivity contribution in [2.24, 2.45) is 0 Å². The molecular weight excluding hydrogens is 518 g/mol. The monoisotopic (exact) mass is 537 g/mol. The van der Waals surface area contributed by atoms with Gasteiger partial charge in [-0.05, 0) is 30.7 Å². The van der Waals surface area contributed by atoms with Gasteiger partial charge >= 0.3 is 11.9 Å². The van der Waals surface area contributed by atoms with Gasteiger partial charge in [0.25, 0.3) is 11.5 Å². The standard InChI is InChI=1S/C25H19N3O9S/c1-12-22(24(32)35-2)38-25(26-12)27-19(13-4-3-5-15(10-13)28(33)34)18(21(30)23(27)31)20(29)14-6-7-16-17(11-14)37-9-8-36-16/h3-7,10-11,19,29H,8-9H2,1-2H3/t19-/m1/s1. The molecule has 3 aromatic rings. The number of aryl methyl sites for hydroxylation is 1. The fourth-order valence-electron chi connectivity index (χ4n) is 4.27. The number of nitrogens with zero attached hydrogens (tertiary/aromatic N) is 3. The van der Waals surface area contributed by atoms with Crippen LogP contribution in [0.1, 0.15) is 32.5 Å². The predicted molar refractivity (Wildman–Crippen MR) is 134 cm³/mol. The quantitative estimate of drug-likeness (QED) is 0.127. The first-order chi connectivity index (χ1) is 18.2. The molecule has 1 aromatic heterocycles. The number of non-ortho nitro benzene ring substituents is 1. The number of rotatable bonds is 5. The molecule has 1 fully saturated rings. The summed E-state index contributed by atoms with van der Waals surface area (Å²) in [4.78, 5) is 55.2. The molecule has 0 radical (unpaired) electrons. The molecule has 0 spiro atoms. The maximum Gasteiger partial charge on any atom is 0.350 e. The summed E-state index contributed by atoms with van der Waals surface area (Å²) in [5.74, 6) is -2.43. The normalized spacial score (nSPS) is 17.9. The van der Waals surface area contributed by atoms with E-state index in [1.807, 2.05) is 0 Å². The zero-order valence-electron chi connectivity index (χ0n) is 20.0. The van der Waals surface area contributed by atoms with Crippen molar-refractivity contribution >= 4 is 45.6 Å². The van der Waals surface area contributed by atoms with Crippen LogP contribution in [0.5, 0.6) is 11.5 Å². The molecule has 1 atom stereocenters. The zero-order chi connectivity index (χ0) is 27.1. The molecule has 1 saturated heterocycles. The van der Waals surface area contributed by atoms with Crippen molar-refractivity contribution in [3.05, 3.63) is 79.8 Å². The Morgan fingerprint density at radius 2 is 1.92 bits per heavy atom. The number of carbonyl (C=O) groups is 3. The SMILES string of the molecule is COC(=O)c1sc(N2C(=O)C(=O)C(=C(O)c3ccc4c(c3)OCCO4)[C@H]2c2cccc([N+](=O)[O-])c2)nc1C. The summed E-state index contributed by atoms with van der Waals surface area (Å²) >= 11 is 0.825. The van der Waals surface area contributed by atoms with Crippen LogP contribution in [0.3, 0.4) is 0 Å². The maximum atomic E-state index is 13.4. The fourth-order valence-corrected chi connectivity index (χ4v) is 5.28. The number of nitro benzene ring substituents is 1. The molecule has 1 amide bonds. The van der Waals surface area contributed by atoms with Crippen LogP contribution >= 0.6 is 11.3 Å². The van der Waals surface area contributed by atoms with Gasteiger partial charge in [-0.3, -0.25) is 24.6 Å². The van der Waals surface area contributed by atoms with Crippen LogP contribution in [0, 0.1) is 17.0 Å². The number of anilines is 1. The first kappa shape index (κ1) is 24.9. The van der Waals surface area contributed by atoms with Crippen LogP contribution in [-0.2, 0) is 14.3 Å². The molecule has 0 saturated carbocycles. The second kappa shape index (κ2) is 9.59. The molecule has 0 bridgehead atoms. The van der Waals surface area contributed by atoms with Crippen molar-refractivity contribution in [3.63, 3.8) is 0 Å². The van der Waals surface area contributed by atoms with E-state index in [0.29, 0.717) is 24.7 Å². The number of methoxy groups -OCH3 is 1. The molecule has 0 aliphatic carbocycles. The average molecular weight is 538 g/mol. The number of aliphatic hydroxyl groups excluding tert-OH is 1. The third kappa shape index (κ3) is 4.12. The molecule has 2 aliphatic rings. The summed E-state index contributed by atoms with van der Waals surface area (Å²) in [6.45, 7) is 2.19. The van der Waals surface area contributed by atoms with E-state index >= 15 is 0 Å². The summed E-state index contributed by atoms with van der Waals surface area (Å²) in [6, 6.07) is 8.64. The summed E-state index contributed by atoms with van der Waals surface area (Å²) in [7, 11) is 1.20. The number of ether oxygens (including phenoxy) is 3. The van der Waals surface area contributed by atoms with Gasteiger partial charge in [0.1, 0.15) is 23.9 Å². The first-order valence-electron chi connectivity index (χ1n) is 11.2. The Kier molecular flexibility index (Phi) is 6.28. The van der Waals surface area contributed by atoms with Crippen LogP contribution in [0.2, 0.25) is 0 Å². The van der Waals surface area contributed by atoms with Crippen molar-refractivity contribution in [2.75, 3.05) is 25.2 Å². The Hall–Kier alpha value is -4.78. The van der Waals surface area contributed by atoms with Gasteiger partial charge in [-0.1, -0.05) is 23.5 Å². The van der Waals surface area contributed by atoms with E-state index in [9.17, 15) is 29.6 Å². The van der Waals surface area contributed by atoms with Gasteiger partial charge in [-0.25, -0.2) is 9.78 Å². The van der Waals surface area contributed by atoms with Gasteiger partial charge in [0.05, 0.1) is 29.3 Å². The molecule has 12 nitrogen and oxygen atoms in total. The number of nitro groups is 1. The van der Waals surface area contributed by atoms with Gasteiger partial charge in [-0.2, -0.15) is 0 Å². The molecule has 38 heavy (non-hydrogen) atoms. The molecule has 0 unspecified atom stereocenters. The smallest absolute Gasteiger partial charge is 0.350 e. The molecule has 1 N–H and O–H groups in total. The molecule has 13 heteroatoms. The number of ketones is 1. The Balaban J connectivity index is 1.71. The number of amides is 1. The van der Waals surface area contributed by atoms with E-state index in [1.54, 1.807) is 13.0 Å². The largest absolute Gasteiger partial charge is 0.507 e. The van der Waals surface area contributed by atoms with Crippen molar-refractivity contribution in [3.8, 4) is 11.5 Å². The number of Topliss-reactive ketones (excluding diaryl/α,β-unsaturated/α-hetero) is 1. The van der Waals surface area contributed by atoms with E-state index < -0.39 is 34.4 Å². The molecule has 194 valence electrons. The highest BCUT2D eigenvalue weighted by Crippen LogP contribution is 2.45. The van der Waals surface area contributed by atoms with Crippen molar-refractivity contribution < 1.29 is 38.6 Å². The van der Waals surface area contributed by atoms with E-state index in [-0.39, 0.29) is 38.1 Å². The number of carbonyl (C=O) groups excluding carboxylic acids is 3. The number of hydrogen-bond donors (Lipinski definition) is 1. The Labute approximate surface area is 218 Å². The van der Waals surface area contributed by atoms with Gasteiger partial charge in [-0.15, -0.1) is 0 Å². The third-order valence-electron chi connectivity index (χ3n) is 6.02. The number of thiazole rings is 1. The van der Waals surface area contributed by atoms with E-state index in [1.165, 1.54) is 43.5 Å². The lowest BCUT2D eigenvalue weighted by atomic mass is 9.95. The highest BCUT2D eigenvalue weighted by molar-refractivity contribution is 7.17. The van der Waals surface area contributed by atoms with Crippen LogP contribution in [-0.4, -0.2) is 53.0 Å². The lowest BCUT2D eigenvalue weighted by Crippen LogP contribution is -2.29. The number of hydrogen-bond acceptors (Lipinski definition) is 11. The van der Waals surface area contributed by atoms with Crippen molar-refractivity contribution in [2.45, 2.75) is 13.0 Å². The number of esters is 1. The molecular formula is C25H19N3O9S. The van der Waals surface area contributed by atoms with E-state index in [0.717, 1.165) is 16.2 Å².